The van der Waals surface area contributed by atoms with Crippen molar-refractivity contribution in [1.29, 1.82) is 0 Å². The second-order valence-electron chi connectivity index (χ2n) is 4.02. The van der Waals surface area contributed by atoms with Gasteiger partial charge in [0, 0.05) is 23.3 Å². The average molecular weight is 274 g/mol. The number of aliphatic hydroxyl groups is 2. The summed E-state index contributed by atoms with van der Waals surface area (Å²) < 4.78 is 0.881. The van der Waals surface area contributed by atoms with E-state index in [0.29, 0.717) is 6.42 Å². The number of nitrogens with zero attached hydrogens (tertiary/aromatic N) is 1. The van der Waals surface area contributed by atoms with Crippen LogP contribution in [0, 0.1) is 5.92 Å². The Bertz CT molecular complexity index is 317. The molecule has 1 aromatic heterocycles. The number of rotatable bonds is 4. The van der Waals surface area contributed by atoms with Crippen molar-refractivity contribution in [2.24, 2.45) is 5.92 Å². The minimum atomic E-state index is -0.735. The lowest BCUT2D eigenvalue weighted by Gasteiger charge is -2.20. The van der Waals surface area contributed by atoms with E-state index in [4.69, 9.17) is 0 Å². The molecule has 84 valence electrons. The van der Waals surface area contributed by atoms with E-state index >= 15 is 0 Å². The third kappa shape index (κ3) is 3.89. The van der Waals surface area contributed by atoms with Crippen LogP contribution >= 0.6 is 15.9 Å². The highest BCUT2D eigenvalue weighted by Crippen LogP contribution is 2.14. The van der Waals surface area contributed by atoms with Crippen molar-refractivity contribution in [3.8, 4) is 0 Å². The number of hydrogen-bond donors (Lipinski definition) is 2. The minimum absolute atomic E-state index is 0.0557. The fourth-order valence-corrected chi connectivity index (χ4v) is 1.79. The zero-order chi connectivity index (χ0) is 11.4. The predicted octanol–water partition coefficient (Wildman–Crippen LogP) is 1.76. The normalized spacial score (nSPS) is 15.3. The maximum absolute atomic E-state index is 9.74. The van der Waals surface area contributed by atoms with Crippen LogP contribution < -0.4 is 0 Å². The van der Waals surface area contributed by atoms with Crippen LogP contribution in [-0.4, -0.2) is 27.4 Å². The fraction of sp³-hybridized carbons (Fsp3) is 0.545. The minimum Gasteiger partial charge on any atom is -0.390 e. The third-order valence-corrected chi connectivity index (χ3v) is 2.72. The molecule has 1 rings (SSSR count). The fourth-order valence-electron chi connectivity index (χ4n) is 1.37. The Morgan fingerprint density at radius 1 is 1.33 bits per heavy atom. The standard InChI is InChI=1S/C11H16BrNO2/c1-7(2)11(15)10(14)4-8-3-9(12)6-13-5-8/h3,5-7,10-11,14-15H,4H2,1-2H3. The molecule has 1 heterocycles. The smallest absolute Gasteiger partial charge is 0.0842 e. The predicted molar refractivity (Wildman–Crippen MR) is 62.5 cm³/mol. The maximum atomic E-state index is 9.74. The van der Waals surface area contributed by atoms with Gasteiger partial charge in [-0.15, -0.1) is 0 Å². The Balaban J connectivity index is 2.62. The highest BCUT2D eigenvalue weighted by molar-refractivity contribution is 9.10. The molecule has 0 saturated heterocycles. The molecule has 0 aliphatic heterocycles. The van der Waals surface area contributed by atoms with E-state index in [0.717, 1.165) is 10.0 Å². The molecule has 2 unspecified atom stereocenters. The van der Waals surface area contributed by atoms with E-state index in [1.54, 1.807) is 12.4 Å². The van der Waals surface area contributed by atoms with Crippen LogP contribution in [0.15, 0.2) is 22.9 Å². The summed E-state index contributed by atoms with van der Waals surface area (Å²) in [6.07, 6.45) is 2.38. The van der Waals surface area contributed by atoms with Crippen molar-refractivity contribution in [3.63, 3.8) is 0 Å². The highest BCUT2D eigenvalue weighted by atomic mass is 79.9. The van der Waals surface area contributed by atoms with Crippen LogP contribution in [0.3, 0.4) is 0 Å². The SMILES string of the molecule is CC(C)C(O)C(O)Cc1cncc(Br)c1. The summed E-state index contributed by atoms with van der Waals surface area (Å²) in [5.74, 6) is 0.0557. The molecular weight excluding hydrogens is 258 g/mol. The second-order valence-corrected chi connectivity index (χ2v) is 4.93. The van der Waals surface area contributed by atoms with Crippen LogP contribution in [0.25, 0.3) is 0 Å². The van der Waals surface area contributed by atoms with Gasteiger partial charge in [-0.05, 0) is 33.5 Å². The Kier molecular flexibility index (Phi) is 4.70. The number of aromatic nitrogens is 1. The molecule has 0 radical (unpaired) electrons. The molecule has 15 heavy (non-hydrogen) atoms. The lowest BCUT2D eigenvalue weighted by Crippen LogP contribution is -2.32. The first-order valence-electron chi connectivity index (χ1n) is 4.96. The first kappa shape index (κ1) is 12.6. The molecule has 2 N–H and O–H groups in total. The zero-order valence-electron chi connectivity index (χ0n) is 8.89. The van der Waals surface area contributed by atoms with Gasteiger partial charge in [0.25, 0.3) is 0 Å². The second kappa shape index (κ2) is 5.58. The van der Waals surface area contributed by atoms with Gasteiger partial charge < -0.3 is 10.2 Å². The van der Waals surface area contributed by atoms with Gasteiger partial charge in [0.15, 0.2) is 0 Å². The van der Waals surface area contributed by atoms with Gasteiger partial charge >= 0.3 is 0 Å². The summed E-state index contributed by atoms with van der Waals surface area (Å²) in [5, 5.41) is 19.4. The summed E-state index contributed by atoms with van der Waals surface area (Å²) in [4.78, 5) is 4.00. The first-order valence-corrected chi connectivity index (χ1v) is 5.75. The van der Waals surface area contributed by atoms with Gasteiger partial charge in [-0.3, -0.25) is 4.98 Å². The molecule has 1 aromatic rings. The number of hydrogen-bond acceptors (Lipinski definition) is 3. The van der Waals surface area contributed by atoms with E-state index < -0.39 is 12.2 Å². The quantitative estimate of drug-likeness (QED) is 0.879. The third-order valence-electron chi connectivity index (χ3n) is 2.28. The monoisotopic (exact) mass is 273 g/mol. The maximum Gasteiger partial charge on any atom is 0.0842 e. The molecule has 0 fully saturated rings. The molecule has 0 spiro atoms. The largest absolute Gasteiger partial charge is 0.390 e. The van der Waals surface area contributed by atoms with E-state index in [2.05, 4.69) is 20.9 Å². The van der Waals surface area contributed by atoms with Crippen molar-refractivity contribution in [2.75, 3.05) is 0 Å². The van der Waals surface area contributed by atoms with Crippen molar-refractivity contribution in [3.05, 3.63) is 28.5 Å². The van der Waals surface area contributed by atoms with Gasteiger partial charge in [0.2, 0.25) is 0 Å². The lowest BCUT2D eigenvalue weighted by molar-refractivity contribution is -0.00735. The summed E-state index contributed by atoms with van der Waals surface area (Å²) in [7, 11) is 0. The molecule has 2 atom stereocenters. The number of pyridine rings is 1. The molecule has 3 nitrogen and oxygen atoms in total. The number of halogens is 1. The van der Waals surface area contributed by atoms with Gasteiger partial charge in [0.05, 0.1) is 12.2 Å². The molecule has 0 amide bonds. The summed E-state index contributed by atoms with van der Waals surface area (Å²) in [6.45, 7) is 3.76. The molecule has 0 saturated carbocycles. The number of aliphatic hydroxyl groups excluding tert-OH is 2. The van der Waals surface area contributed by atoms with Crippen molar-refractivity contribution in [2.45, 2.75) is 32.5 Å². The Hall–Kier alpha value is -0.450. The van der Waals surface area contributed by atoms with E-state index in [9.17, 15) is 10.2 Å². The average Bonchev–Trinajstić information content (AvgIpc) is 2.16. The van der Waals surface area contributed by atoms with Crippen molar-refractivity contribution < 1.29 is 10.2 Å². The van der Waals surface area contributed by atoms with Gasteiger partial charge in [-0.2, -0.15) is 0 Å². The summed E-state index contributed by atoms with van der Waals surface area (Å²) in [6, 6.07) is 1.89. The van der Waals surface area contributed by atoms with E-state index in [1.165, 1.54) is 0 Å². The first-order chi connectivity index (χ1) is 7.00. The van der Waals surface area contributed by atoms with Crippen LogP contribution in [0.2, 0.25) is 0 Å². The van der Waals surface area contributed by atoms with Gasteiger partial charge in [-0.25, -0.2) is 0 Å². The molecule has 0 aliphatic carbocycles. The van der Waals surface area contributed by atoms with Crippen molar-refractivity contribution in [1.82, 2.24) is 4.98 Å². The molecular formula is C11H16BrNO2. The van der Waals surface area contributed by atoms with Crippen LogP contribution in [0.1, 0.15) is 19.4 Å². The lowest BCUT2D eigenvalue weighted by atomic mass is 9.97. The van der Waals surface area contributed by atoms with Gasteiger partial charge in [0.1, 0.15) is 0 Å². The Morgan fingerprint density at radius 2 is 2.00 bits per heavy atom. The summed E-state index contributed by atoms with van der Waals surface area (Å²) >= 11 is 3.31. The van der Waals surface area contributed by atoms with E-state index in [1.807, 2.05) is 19.9 Å². The molecule has 0 aliphatic rings. The van der Waals surface area contributed by atoms with Crippen LogP contribution in [0.4, 0.5) is 0 Å². The summed E-state index contributed by atoms with van der Waals surface area (Å²) in [5.41, 5.74) is 0.913. The molecule has 4 heteroatoms. The van der Waals surface area contributed by atoms with E-state index in [-0.39, 0.29) is 5.92 Å². The molecule has 0 bridgehead atoms. The van der Waals surface area contributed by atoms with Gasteiger partial charge in [-0.1, -0.05) is 13.8 Å². The Labute approximate surface area is 98.3 Å². The zero-order valence-corrected chi connectivity index (χ0v) is 10.5. The van der Waals surface area contributed by atoms with Crippen molar-refractivity contribution >= 4 is 15.9 Å². The Morgan fingerprint density at radius 3 is 2.53 bits per heavy atom. The van der Waals surface area contributed by atoms with Crippen LogP contribution in [0.5, 0.6) is 0 Å². The topological polar surface area (TPSA) is 53.4 Å². The molecule has 0 aromatic carbocycles. The highest BCUT2D eigenvalue weighted by Gasteiger charge is 2.19. The van der Waals surface area contributed by atoms with Crippen LogP contribution in [-0.2, 0) is 6.42 Å².